The third-order valence-corrected chi connectivity index (χ3v) is 4.12. The van der Waals surface area contributed by atoms with E-state index in [-0.39, 0.29) is 19.5 Å². The zero-order chi connectivity index (χ0) is 17.2. The summed E-state index contributed by atoms with van der Waals surface area (Å²) in [5.41, 5.74) is 1.21. The molecule has 2 heterocycles. The van der Waals surface area contributed by atoms with Crippen molar-refractivity contribution >= 4 is 5.91 Å². The van der Waals surface area contributed by atoms with Crippen LogP contribution in [-0.2, 0) is 0 Å². The van der Waals surface area contributed by atoms with E-state index in [1.54, 1.807) is 36.4 Å². The number of carbonyl (C=O) groups is 1. The van der Waals surface area contributed by atoms with Crippen LogP contribution >= 0.6 is 0 Å². The largest absolute Gasteiger partial charge is 0.454 e. The highest BCUT2D eigenvalue weighted by Crippen LogP contribution is 2.35. The molecule has 130 valence electrons. The topological polar surface area (TPSA) is 86.3 Å². The minimum Gasteiger partial charge on any atom is -0.454 e. The fourth-order valence-corrected chi connectivity index (χ4v) is 2.75. The van der Waals surface area contributed by atoms with Gasteiger partial charge in [0.1, 0.15) is 0 Å². The highest BCUT2D eigenvalue weighted by atomic mass is 16.7. The van der Waals surface area contributed by atoms with Gasteiger partial charge >= 0.3 is 0 Å². The average molecular weight is 343 g/mol. The van der Waals surface area contributed by atoms with Crippen molar-refractivity contribution < 1.29 is 28.8 Å². The number of fused-ring (bicyclic) bond motifs is 2. The summed E-state index contributed by atoms with van der Waals surface area (Å²) < 4.78 is 21.0. The van der Waals surface area contributed by atoms with Gasteiger partial charge < -0.3 is 29.4 Å². The first-order valence-electron chi connectivity index (χ1n) is 7.96. The molecule has 25 heavy (non-hydrogen) atoms. The van der Waals surface area contributed by atoms with Gasteiger partial charge in [-0.2, -0.15) is 0 Å². The number of rotatable bonds is 5. The summed E-state index contributed by atoms with van der Waals surface area (Å²) in [4.78, 5) is 12.2. The van der Waals surface area contributed by atoms with Crippen molar-refractivity contribution in [3.8, 4) is 23.0 Å². The van der Waals surface area contributed by atoms with Crippen molar-refractivity contribution in [2.75, 3.05) is 20.1 Å². The number of carbonyl (C=O) groups excluding carboxylic acids is 1. The molecular weight excluding hydrogens is 326 g/mol. The van der Waals surface area contributed by atoms with Crippen molar-refractivity contribution in [2.45, 2.75) is 12.5 Å². The second-order valence-corrected chi connectivity index (χ2v) is 5.74. The zero-order valence-electron chi connectivity index (χ0n) is 13.4. The number of hydrogen-bond acceptors (Lipinski definition) is 6. The van der Waals surface area contributed by atoms with Crippen LogP contribution in [0.3, 0.4) is 0 Å². The molecule has 0 fully saturated rings. The molecule has 1 amide bonds. The number of nitrogens with one attached hydrogen (secondary N) is 1. The quantitative estimate of drug-likeness (QED) is 0.864. The van der Waals surface area contributed by atoms with Crippen LogP contribution < -0.4 is 24.3 Å². The lowest BCUT2D eigenvalue weighted by molar-refractivity contribution is 0.0942. The Morgan fingerprint density at radius 2 is 1.60 bits per heavy atom. The Labute approximate surface area is 144 Å². The van der Waals surface area contributed by atoms with E-state index in [0.29, 0.717) is 41.5 Å². The Balaban J connectivity index is 1.32. The van der Waals surface area contributed by atoms with Crippen LogP contribution in [-0.4, -0.2) is 31.1 Å². The molecule has 7 nitrogen and oxygen atoms in total. The highest BCUT2D eigenvalue weighted by molar-refractivity contribution is 5.94. The van der Waals surface area contributed by atoms with Crippen LogP contribution in [0.15, 0.2) is 36.4 Å². The number of hydrogen-bond donors (Lipinski definition) is 2. The van der Waals surface area contributed by atoms with E-state index < -0.39 is 6.10 Å². The lowest BCUT2D eigenvalue weighted by Gasteiger charge is -2.12. The molecule has 1 unspecified atom stereocenters. The Hall–Kier alpha value is -2.93. The lowest BCUT2D eigenvalue weighted by atomic mass is 10.1. The number of aliphatic hydroxyl groups excluding tert-OH is 1. The predicted molar refractivity (Wildman–Crippen MR) is 87.0 cm³/mol. The van der Waals surface area contributed by atoms with Gasteiger partial charge in [-0.3, -0.25) is 4.79 Å². The Bertz CT molecular complexity index is 806. The van der Waals surface area contributed by atoms with E-state index in [0.717, 1.165) is 5.56 Å². The van der Waals surface area contributed by atoms with Crippen LogP contribution in [0.1, 0.15) is 28.4 Å². The molecule has 0 saturated heterocycles. The molecule has 7 heteroatoms. The van der Waals surface area contributed by atoms with Crippen molar-refractivity contribution in [1.29, 1.82) is 0 Å². The SMILES string of the molecule is O=C(NCCC(O)c1ccc2c(c1)OCO2)c1ccc2c(c1)OCO2. The molecule has 4 rings (SSSR count). The molecule has 0 bridgehead atoms. The fraction of sp³-hybridized carbons (Fsp3) is 0.278. The summed E-state index contributed by atoms with van der Waals surface area (Å²) in [6.07, 6.45) is -0.317. The maximum absolute atomic E-state index is 12.2. The van der Waals surface area contributed by atoms with Crippen LogP contribution in [0.4, 0.5) is 0 Å². The monoisotopic (exact) mass is 343 g/mol. The minimum atomic E-state index is -0.702. The van der Waals surface area contributed by atoms with E-state index in [1.165, 1.54) is 0 Å². The van der Waals surface area contributed by atoms with Gasteiger partial charge in [-0.1, -0.05) is 6.07 Å². The Morgan fingerprint density at radius 3 is 2.36 bits per heavy atom. The molecule has 0 spiro atoms. The summed E-state index contributed by atoms with van der Waals surface area (Å²) in [5, 5.41) is 13.1. The normalized spacial score (nSPS) is 15.1. The van der Waals surface area contributed by atoms with Gasteiger partial charge in [0, 0.05) is 12.1 Å². The van der Waals surface area contributed by atoms with E-state index >= 15 is 0 Å². The summed E-state index contributed by atoms with van der Waals surface area (Å²) in [6, 6.07) is 10.3. The van der Waals surface area contributed by atoms with Gasteiger partial charge in [-0.05, 0) is 42.3 Å². The van der Waals surface area contributed by atoms with E-state index in [9.17, 15) is 9.90 Å². The predicted octanol–water partition coefficient (Wildman–Crippen LogP) is 2.00. The van der Waals surface area contributed by atoms with Crippen LogP contribution in [0.2, 0.25) is 0 Å². The molecule has 0 aliphatic carbocycles. The molecule has 2 aromatic rings. The molecule has 0 radical (unpaired) electrons. The molecular formula is C18H17NO6. The summed E-state index contributed by atoms with van der Waals surface area (Å²) in [6.45, 7) is 0.700. The molecule has 2 N–H and O–H groups in total. The van der Waals surface area contributed by atoms with Crippen LogP contribution in [0, 0.1) is 0 Å². The van der Waals surface area contributed by atoms with Gasteiger partial charge in [0.2, 0.25) is 13.6 Å². The first-order chi connectivity index (χ1) is 12.2. The third kappa shape index (κ3) is 3.18. The van der Waals surface area contributed by atoms with Crippen molar-refractivity contribution in [1.82, 2.24) is 5.32 Å². The molecule has 0 saturated carbocycles. The van der Waals surface area contributed by atoms with Gasteiger partial charge in [-0.25, -0.2) is 0 Å². The molecule has 2 aromatic carbocycles. The van der Waals surface area contributed by atoms with Crippen LogP contribution in [0.5, 0.6) is 23.0 Å². The molecule has 2 aliphatic heterocycles. The van der Waals surface area contributed by atoms with Crippen LogP contribution in [0.25, 0.3) is 0 Å². The van der Waals surface area contributed by atoms with Gasteiger partial charge in [0.15, 0.2) is 23.0 Å². The highest BCUT2D eigenvalue weighted by Gasteiger charge is 2.18. The molecule has 0 aromatic heterocycles. The average Bonchev–Trinajstić information content (AvgIpc) is 3.28. The lowest BCUT2D eigenvalue weighted by Crippen LogP contribution is -2.25. The van der Waals surface area contributed by atoms with Crippen molar-refractivity contribution in [3.05, 3.63) is 47.5 Å². The van der Waals surface area contributed by atoms with Gasteiger partial charge in [-0.15, -0.1) is 0 Å². The Kier molecular flexibility index (Phi) is 4.07. The number of ether oxygens (including phenoxy) is 4. The van der Waals surface area contributed by atoms with Crippen molar-refractivity contribution in [2.24, 2.45) is 0 Å². The number of aliphatic hydroxyl groups is 1. The summed E-state index contributed by atoms with van der Waals surface area (Å²) in [7, 11) is 0. The summed E-state index contributed by atoms with van der Waals surface area (Å²) >= 11 is 0. The second-order valence-electron chi connectivity index (χ2n) is 5.74. The number of amides is 1. The summed E-state index contributed by atoms with van der Waals surface area (Å²) in [5.74, 6) is 2.27. The zero-order valence-corrected chi connectivity index (χ0v) is 13.4. The number of benzene rings is 2. The smallest absolute Gasteiger partial charge is 0.251 e. The fourth-order valence-electron chi connectivity index (χ4n) is 2.75. The van der Waals surface area contributed by atoms with Crippen molar-refractivity contribution in [3.63, 3.8) is 0 Å². The van der Waals surface area contributed by atoms with E-state index in [1.807, 2.05) is 0 Å². The first kappa shape index (κ1) is 15.6. The Morgan fingerprint density at radius 1 is 0.960 bits per heavy atom. The minimum absolute atomic E-state index is 0.169. The molecule has 2 aliphatic rings. The second kappa shape index (κ2) is 6.52. The standard InChI is InChI=1S/C18H17NO6/c20-13(11-1-3-14-16(7-11)24-9-22-14)5-6-19-18(21)12-2-4-15-17(8-12)25-10-23-15/h1-4,7-8,13,20H,5-6,9-10H2,(H,19,21). The maximum Gasteiger partial charge on any atom is 0.251 e. The first-order valence-corrected chi connectivity index (χ1v) is 7.96. The maximum atomic E-state index is 12.2. The van der Waals surface area contributed by atoms with E-state index in [4.69, 9.17) is 18.9 Å². The van der Waals surface area contributed by atoms with Gasteiger partial charge in [0.05, 0.1) is 6.10 Å². The van der Waals surface area contributed by atoms with E-state index in [2.05, 4.69) is 5.32 Å². The third-order valence-electron chi connectivity index (χ3n) is 4.12. The van der Waals surface area contributed by atoms with Gasteiger partial charge in [0.25, 0.3) is 5.91 Å². The molecule has 1 atom stereocenters.